The molecule has 0 unspecified atom stereocenters. The number of hydrogen-bond donors (Lipinski definition) is 1. The number of ketones is 1. The van der Waals surface area contributed by atoms with Gasteiger partial charge in [-0.2, -0.15) is 0 Å². The number of nitrogens with zero attached hydrogens (tertiary/aromatic N) is 2. The van der Waals surface area contributed by atoms with Gasteiger partial charge in [0.2, 0.25) is 0 Å². The molecule has 2 heterocycles. The van der Waals surface area contributed by atoms with E-state index < -0.39 is 21.2 Å². The molecule has 9 heteroatoms. The summed E-state index contributed by atoms with van der Waals surface area (Å²) in [5.74, 6) is -0.524. The van der Waals surface area contributed by atoms with Crippen molar-refractivity contribution < 1.29 is 18.0 Å². The number of H-pyrrole nitrogens is 1. The third-order valence-corrected chi connectivity index (χ3v) is 6.45. The van der Waals surface area contributed by atoms with Crippen LogP contribution in [-0.4, -0.2) is 42.6 Å². The molecule has 1 N–H and O–H groups in total. The molecule has 26 heavy (non-hydrogen) atoms. The van der Waals surface area contributed by atoms with Crippen molar-refractivity contribution >= 4 is 21.3 Å². The van der Waals surface area contributed by atoms with Crippen LogP contribution in [0.2, 0.25) is 0 Å². The van der Waals surface area contributed by atoms with Crippen LogP contribution < -0.4 is 5.56 Å². The molecular formula is C17H19N3O5S. The minimum Gasteiger partial charge on any atom is -0.399 e. The molecule has 0 spiro atoms. The molecule has 0 atom stereocenters. The van der Waals surface area contributed by atoms with Crippen LogP contribution in [0.3, 0.4) is 0 Å². The minimum absolute atomic E-state index is 0.00107. The van der Waals surface area contributed by atoms with Crippen LogP contribution in [0, 0.1) is 13.8 Å². The summed E-state index contributed by atoms with van der Waals surface area (Å²) in [6, 6.07) is 1.52. The first-order valence-electron chi connectivity index (χ1n) is 7.95. The van der Waals surface area contributed by atoms with E-state index in [9.17, 15) is 18.0 Å². The molecule has 8 nitrogen and oxygen atoms in total. The second-order valence-electron chi connectivity index (χ2n) is 6.24. The Labute approximate surface area is 150 Å². The number of hydrogen-bond acceptors (Lipinski definition) is 6. The lowest BCUT2D eigenvalue weighted by Gasteiger charge is -2.23. The highest BCUT2D eigenvalue weighted by Gasteiger charge is 2.34. The number of aryl methyl sites for hydroxylation is 2. The van der Waals surface area contributed by atoms with Gasteiger partial charge in [0.25, 0.3) is 5.56 Å². The highest BCUT2D eigenvalue weighted by Crippen LogP contribution is 2.33. The quantitative estimate of drug-likeness (QED) is 0.636. The van der Waals surface area contributed by atoms with Crippen molar-refractivity contribution in [2.45, 2.75) is 25.2 Å². The number of sulfone groups is 1. The topological polar surface area (TPSA) is 111 Å². The maximum atomic E-state index is 12.9. The van der Waals surface area contributed by atoms with Crippen molar-refractivity contribution in [1.29, 1.82) is 0 Å². The average Bonchev–Trinajstić information content (AvgIpc) is 2.91. The van der Waals surface area contributed by atoms with E-state index in [2.05, 4.69) is 10.3 Å². The van der Waals surface area contributed by atoms with Gasteiger partial charge in [-0.3, -0.25) is 14.3 Å². The fraction of sp³-hybridized carbons (Fsp3) is 0.353. The van der Waals surface area contributed by atoms with Crippen LogP contribution in [0.4, 0.5) is 0 Å². The van der Waals surface area contributed by atoms with E-state index >= 15 is 0 Å². The largest absolute Gasteiger partial charge is 0.399 e. The fourth-order valence-corrected chi connectivity index (χ4v) is 5.10. The molecule has 0 saturated heterocycles. The maximum absolute atomic E-state index is 12.9. The predicted octanol–water partition coefficient (Wildman–Crippen LogP) is 1.09. The van der Waals surface area contributed by atoms with Gasteiger partial charge in [-0.15, -0.1) is 0 Å². The van der Waals surface area contributed by atoms with E-state index in [-0.39, 0.29) is 28.2 Å². The number of aromatic amines is 1. The average molecular weight is 377 g/mol. The van der Waals surface area contributed by atoms with Gasteiger partial charge in [0.1, 0.15) is 12.7 Å². The highest BCUT2D eigenvalue weighted by molar-refractivity contribution is 7.91. The summed E-state index contributed by atoms with van der Waals surface area (Å²) in [7, 11) is -0.578. The van der Waals surface area contributed by atoms with Crippen LogP contribution in [0.1, 0.15) is 39.0 Å². The van der Waals surface area contributed by atoms with Crippen molar-refractivity contribution in [3.05, 3.63) is 50.4 Å². The molecule has 1 aliphatic rings. The third kappa shape index (κ3) is 2.68. The molecule has 2 aromatic rings. The van der Waals surface area contributed by atoms with Gasteiger partial charge in [0.05, 0.1) is 16.4 Å². The van der Waals surface area contributed by atoms with Gasteiger partial charge in [-0.25, -0.2) is 8.42 Å². The van der Waals surface area contributed by atoms with E-state index in [1.807, 2.05) is 0 Å². The van der Waals surface area contributed by atoms with Crippen LogP contribution in [0.15, 0.2) is 27.1 Å². The number of carbonyl (C=O) groups is 1. The van der Waals surface area contributed by atoms with Gasteiger partial charge in [-0.05, 0) is 31.0 Å². The smallest absolute Gasteiger partial charge is 0.277 e. The van der Waals surface area contributed by atoms with E-state index in [4.69, 9.17) is 4.84 Å². The van der Waals surface area contributed by atoms with Crippen molar-refractivity contribution in [3.8, 4) is 0 Å². The number of nitrogens with one attached hydrogen (secondary N) is 1. The first-order valence-corrected chi connectivity index (χ1v) is 9.60. The molecule has 1 aromatic heterocycles. The number of oxime groups is 1. The van der Waals surface area contributed by atoms with Gasteiger partial charge in [0.15, 0.2) is 15.6 Å². The summed E-state index contributed by atoms with van der Waals surface area (Å²) in [5, 5.41) is 6.63. The molecule has 0 fully saturated rings. The predicted molar refractivity (Wildman–Crippen MR) is 95.6 cm³/mol. The van der Waals surface area contributed by atoms with Gasteiger partial charge in [0, 0.05) is 30.8 Å². The lowest BCUT2D eigenvalue weighted by atomic mass is 9.91. The molecule has 1 aromatic carbocycles. The van der Waals surface area contributed by atoms with Gasteiger partial charge in [-0.1, -0.05) is 5.16 Å². The van der Waals surface area contributed by atoms with E-state index in [0.29, 0.717) is 22.4 Å². The van der Waals surface area contributed by atoms with Crippen molar-refractivity contribution in [2.24, 2.45) is 12.2 Å². The number of benzene rings is 1. The zero-order chi connectivity index (χ0) is 19.2. The first-order chi connectivity index (χ1) is 12.2. The maximum Gasteiger partial charge on any atom is 0.277 e. The molecule has 0 bridgehead atoms. The minimum atomic E-state index is -3.48. The Bertz CT molecular complexity index is 1110. The van der Waals surface area contributed by atoms with Crippen molar-refractivity contribution in [2.75, 3.05) is 12.9 Å². The third-order valence-electron chi connectivity index (χ3n) is 4.56. The molecule has 0 radical (unpaired) electrons. The van der Waals surface area contributed by atoms with E-state index in [0.717, 1.165) is 0 Å². The number of carbonyl (C=O) groups excluding carboxylic acids is 1. The normalized spacial score (nSPS) is 17.2. The zero-order valence-corrected chi connectivity index (χ0v) is 15.7. The number of aromatic nitrogens is 2. The molecular weight excluding hydrogens is 358 g/mol. The van der Waals surface area contributed by atoms with E-state index in [1.54, 1.807) is 13.8 Å². The zero-order valence-electron chi connectivity index (χ0n) is 14.9. The molecule has 0 aliphatic carbocycles. The van der Waals surface area contributed by atoms with Crippen LogP contribution >= 0.6 is 0 Å². The first kappa shape index (κ1) is 18.1. The fourth-order valence-electron chi connectivity index (χ4n) is 3.31. The summed E-state index contributed by atoms with van der Waals surface area (Å²) in [6.45, 7) is 3.30. The molecule has 0 amide bonds. The van der Waals surface area contributed by atoms with Crippen molar-refractivity contribution in [1.82, 2.24) is 9.78 Å². The summed E-state index contributed by atoms with van der Waals surface area (Å²) < 4.78 is 26.3. The summed E-state index contributed by atoms with van der Waals surface area (Å²) in [4.78, 5) is 30.1. The highest BCUT2D eigenvalue weighted by atomic mass is 32.2. The van der Waals surface area contributed by atoms with E-state index in [1.165, 1.54) is 31.1 Å². The molecule has 3 rings (SSSR count). The van der Waals surface area contributed by atoms with Crippen LogP contribution in [0.5, 0.6) is 0 Å². The number of rotatable bonds is 3. The lowest BCUT2D eigenvalue weighted by Crippen LogP contribution is -2.26. The summed E-state index contributed by atoms with van der Waals surface area (Å²) in [6.07, 6.45) is 1.55. The van der Waals surface area contributed by atoms with Gasteiger partial charge >= 0.3 is 0 Å². The summed E-state index contributed by atoms with van der Waals surface area (Å²) >= 11 is 0. The Morgan fingerprint density at radius 2 is 2.00 bits per heavy atom. The molecule has 0 saturated carbocycles. The second-order valence-corrected chi connectivity index (χ2v) is 8.29. The number of fused-ring (bicyclic) bond motifs is 1. The molecule has 1 aliphatic heterocycles. The summed E-state index contributed by atoms with van der Waals surface area (Å²) in [5.41, 5.74) is 1.63. The van der Waals surface area contributed by atoms with Gasteiger partial charge < -0.3 is 9.94 Å². The lowest BCUT2D eigenvalue weighted by molar-refractivity contribution is 0.103. The second kappa shape index (κ2) is 6.24. The van der Waals surface area contributed by atoms with Crippen LogP contribution in [0.25, 0.3) is 0 Å². The Morgan fingerprint density at radius 1 is 1.31 bits per heavy atom. The molecule has 138 valence electrons. The Hall–Kier alpha value is -2.68. The Balaban J connectivity index is 2.32. The monoisotopic (exact) mass is 377 g/mol. The standard InChI is InChI=1S/C17H19N3O5S/c1-9-7-11(15(21)12-8-18-20(3)17(12)22)10(2)14-13(19-25-4)5-6-26(23,24)16(9)14/h7-8,18H,5-6H2,1-4H3. The van der Waals surface area contributed by atoms with Crippen LogP contribution in [-0.2, 0) is 21.7 Å². The van der Waals surface area contributed by atoms with Crippen molar-refractivity contribution in [3.63, 3.8) is 0 Å². The Kier molecular flexibility index (Phi) is 4.35. The Morgan fingerprint density at radius 3 is 2.58 bits per heavy atom. The SMILES string of the molecule is CON=C1CCS(=O)(=O)c2c(C)cc(C(=O)c3c[nH]n(C)c3=O)c(C)c21.